The van der Waals surface area contributed by atoms with Gasteiger partial charge < -0.3 is 25.3 Å². The van der Waals surface area contributed by atoms with Crippen LogP contribution in [0.3, 0.4) is 0 Å². The van der Waals surface area contributed by atoms with Crippen LogP contribution in [0.4, 0.5) is 4.39 Å². The number of carbonyl (C=O) groups excluding carboxylic acids is 4. The molecular weight excluding hydrogens is 491 g/mol. The molecule has 0 radical (unpaired) electrons. The zero-order chi connectivity index (χ0) is 25.4. The summed E-state index contributed by atoms with van der Waals surface area (Å²) in [5, 5.41) is 6.60. The number of ketones is 1. The molecule has 3 N–H and O–H groups in total. The largest absolute Gasteiger partial charge is 0.370 e. The van der Waals surface area contributed by atoms with Gasteiger partial charge in [-0.25, -0.2) is 4.39 Å². The van der Waals surface area contributed by atoms with Gasteiger partial charge >= 0.3 is 0 Å². The highest BCUT2D eigenvalue weighted by atomic mass is 35.5. The van der Waals surface area contributed by atoms with E-state index in [0.717, 1.165) is 11.8 Å². The fraction of sp³-hybridized carbons (Fsp3) is 0.520. The molecular formula is C25H28ClFN4O5. The summed E-state index contributed by atoms with van der Waals surface area (Å²) in [6, 6.07) is 4.86. The van der Waals surface area contributed by atoms with E-state index in [2.05, 4.69) is 15.6 Å². The third-order valence-corrected chi connectivity index (χ3v) is 7.91. The highest BCUT2D eigenvalue weighted by molar-refractivity contribution is 6.35. The number of halogens is 2. The standard InChI is InChI=1S/C25H28ClFN4O5/c26-16-4-1-3-14-11-18(29-20(14)16)24(35)31-9-10-36-25(6-2-7-25)21(31)23(34)30-17(19(32)13-27)12-15-5-8-28-22(15)33/h1,3-4,11,15,17,21,29H,2,5-10,12-13H2,(H,28,33)(H,30,34)/t15-,17-,21+/m0/s1. The second kappa shape index (κ2) is 9.82. The van der Waals surface area contributed by atoms with Crippen LogP contribution >= 0.6 is 11.6 Å². The number of H-pyrrole nitrogens is 1. The summed E-state index contributed by atoms with van der Waals surface area (Å²) in [7, 11) is 0. The monoisotopic (exact) mass is 518 g/mol. The Hall–Kier alpha value is -2.98. The average molecular weight is 519 g/mol. The molecule has 9 nitrogen and oxygen atoms in total. The first-order valence-corrected chi connectivity index (χ1v) is 12.6. The number of benzene rings is 1. The maximum atomic E-state index is 13.7. The lowest BCUT2D eigenvalue weighted by atomic mass is 9.72. The first-order chi connectivity index (χ1) is 17.3. The van der Waals surface area contributed by atoms with Crippen molar-refractivity contribution in [3.63, 3.8) is 0 Å². The Morgan fingerprint density at radius 2 is 2.11 bits per heavy atom. The summed E-state index contributed by atoms with van der Waals surface area (Å²) in [4.78, 5) is 56.3. The number of nitrogens with zero attached hydrogens (tertiary/aromatic N) is 1. The van der Waals surface area contributed by atoms with E-state index >= 15 is 0 Å². The van der Waals surface area contributed by atoms with E-state index < -0.39 is 42.0 Å². The molecule has 192 valence electrons. The summed E-state index contributed by atoms with van der Waals surface area (Å²) in [5.74, 6) is -2.47. The molecule has 0 bridgehead atoms. The Bertz CT molecular complexity index is 1210. The number of rotatable bonds is 7. The Morgan fingerprint density at radius 1 is 1.31 bits per heavy atom. The number of amides is 3. The number of carbonyl (C=O) groups is 4. The van der Waals surface area contributed by atoms with Gasteiger partial charge in [0, 0.05) is 24.4 Å². The van der Waals surface area contributed by atoms with Crippen molar-refractivity contribution in [1.29, 1.82) is 0 Å². The van der Waals surface area contributed by atoms with Crippen LogP contribution in [0.15, 0.2) is 24.3 Å². The van der Waals surface area contributed by atoms with E-state index in [1.807, 2.05) is 6.07 Å². The van der Waals surface area contributed by atoms with Gasteiger partial charge in [-0.1, -0.05) is 23.7 Å². The smallest absolute Gasteiger partial charge is 0.271 e. The van der Waals surface area contributed by atoms with Crippen LogP contribution in [0.2, 0.25) is 5.02 Å². The van der Waals surface area contributed by atoms with Gasteiger partial charge in [0.1, 0.15) is 18.4 Å². The summed E-state index contributed by atoms with van der Waals surface area (Å²) in [6.45, 7) is -0.339. The van der Waals surface area contributed by atoms with Crippen LogP contribution in [-0.2, 0) is 19.1 Å². The number of morpholine rings is 1. The van der Waals surface area contributed by atoms with Crippen molar-refractivity contribution >= 4 is 46.0 Å². The van der Waals surface area contributed by atoms with Crippen molar-refractivity contribution in [3.8, 4) is 0 Å². The predicted molar refractivity (Wildman–Crippen MR) is 129 cm³/mol. The number of hydrogen-bond acceptors (Lipinski definition) is 5. The van der Waals surface area contributed by atoms with Gasteiger partial charge in [-0.15, -0.1) is 0 Å². The van der Waals surface area contributed by atoms with Crippen LogP contribution in [0, 0.1) is 5.92 Å². The predicted octanol–water partition coefficient (Wildman–Crippen LogP) is 2.13. The fourth-order valence-corrected chi connectivity index (χ4v) is 5.77. The third-order valence-electron chi connectivity index (χ3n) is 7.60. The van der Waals surface area contributed by atoms with Gasteiger partial charge in [-0.3, -0.25) is 19.2 Å². The molecule has 1 spiro atoms. The van der Waals surface area contributed by atoms with Crippen molar-refractivity contribution < 1.29 is 28.3 Å². The molecule has 1 aliphatic carbocycles. The number of aromatic nitrogens is 1. The molecule has 11 heteroatoms. The third kappa shape index (κ3) is 4.37. The van der Waals surface area contributed by atoms with Crippen LogP contribution in [0.1, 0.15) is 42.6 Å². The van der Waals surface area contributed by atoms with E-state index in [1.54, 1.807) is 18.2 Å². The number of aromatic amines is 1. The minimum absolute atomic E-state index is 0.00929. The molecule has 1 aromatic carbocycles. The van der Waals surface area contributed by atoms with E-state index in [1.165, 1.54) is 4.90 Å². The SMILES string of the molecule is O=C1NCC[C@H]1C[C@H](NC(=O)[C@H]1N(C(=O)c2cc3cccc(Cl)c3[nH]2)CCOC12CCC2)C(=O)CF. The molecule has 2 aliphatic heterocycles. The van der Waals surface area contributed by atoms with Crippen molar-refractivity contribution in [3.05, 3.63) is 35.0 Å². The molecule has 0 unspecified atom stereocenters. The zero-order valence-corrected chi connectivity index (χ0v) is 20.4. The van der Waals surface area contributed by atoms with Crippen LogP contribution in [0.5, 0.6) is 0 Å². The minimum atomic E-state index is -1.26. The molecule has 36 heavy (non-hydrogen) atoms. The Morgan fingerprint density at radius 3 is 2.75 bits per heavy atom. The Labute approximate surface area is 212 Å². The zero-order valence-electron chi connectivity index (χ0n) is 19.6. The highest BCUT2D eigenvalue weighted by Gasteiger charge is 2.55. The van der Waals surface area contributed by atoms with Crippen LogP contribution in [0.25, 0.3) is 10.9 Å². The van der Waals surface area contributed by atoms with Gasteiger partial charge in [0.15, 0.2) is 5.78 Å². The Balaban J connectivity index is 1.42. The lowest BCUT2D eigenvalue weighted by Crippen LogP contribution is -2.69. The number of Topliss-reactive ketones (excluding diaryl/α,β-unsaturated/α-hetero) is 1. The fourth-order valence-electron chi connectivity index (χ4n) is 5.54. The Kier molecular flexibility index (Phi) is 6.74. The van der Waals surface area contributed by atoms with E-state index in [0.29, 0.717) is 36.3 Å². The van der Waals surface area contributed by atoms with E-state index in [4.69, 9.17) is 16.3 Å². The van der Waals surface area contributed by atoms with Crippen molar-refractivity contribution in [2.75, 3.05) is 26.4 Å². The van der Waals surface area contributed by atoms with Gasteiger partial charge in [-0.2, -0.15) is 0 Å². The molecule has 3 heterocycles. The number of para-hydroxylation sites is 1. The summed E-state index contributed by atoms with van der Waals surface area (Å²) in [6.07, 6.45) is 2.52. The minimum Gasteiger partial charge on any atom is -0.370 e. The first-order valence-electron chi connectivity index (χ1n) is 12.2. The van der Waals surface area contributed by atoms with Gasteiger partial charge in [0.2, 0.25) is 11.8 Å². The normalized spacial score (nSPS) is 23.8. The molecule has 1 aromatic heterocycles. The summed E-state index contributed by atoms with van der Waals surface area (Å²) >= 11 is 6.27. The molecule has 3 amide bonds. The van der Waals surface area contributed by atoms with Gasteiger partial charge in [0.25, 0.3) is 5.91 Å². The molecule has 1 saturated carbocycles. The molecule has 3 fully saturated rings. The maximum Gasteiger partial charge on any atom is 0.271 e. The molecule has 3 atom stereocenters. The first kappa shape index (κ1) is 24.7. The van der Waals surface area contributed by atoms with Crippen molar-refractivity contribution in [2.45, 2.75) is 49.8 Å². The van der Waals surface area contributed by atoms with E-state index in [-0.39, 0.29) is 37.1 Å². The topological polar surface area (TPSA) is 121 Å². The summed E-state index contributed by atoms with van der Waals surface area (Å²) < 4.78 is 19.4. The van der Waals surface area contributed by atoms with Gasteiger partial charge in [-0.05, 0) is 44.2 Å². The number of ether oxygens (including phenoxy) is 1. The number of hydrogen-bond donors (Lipinski definition) is 3. The number of fused-ring (bicyclic) bond motifs is 1. The number of nitrogens with one attached hydrogen (secondary N) is 3. The lowest BCUT2D eigenvalue weighted by Gasteiger charge is -2.53. The molecule has 3 aliphatic rings. The molecule has 2 aromatic rings. The quantitative estimate of drug-likeness (QED) is 0.518. The number of alkyl halides is 1. The van der Waals surface area contributed by atoms with Crippen LogP contribution in [-0.4, -0.2) is 77.4 Å². The van der Waals surface area contributed by atoms with Gasteiger partial charge in [0.05, 0.1) is 28.8 Å². The van der Waals surface area contributed by atoms with Crippen molar-refractivity contribution in [2.24, 2.45) is 5.92 Å². The lowest BCUT2D eigenvalue weighted by molar-refractivity contribution is -0.184. The van der Waals surface area contributed by atoms with E-state index in [9.17, 15) is 23.6 Å². The second-order valence-electron chi connectivity index (χ2n) is 9.73. The van der Waals surface area contributed by atoms with Crippen LogP contribution < -0.4 is 10.6 Å². The second-order valence-corrected chi connectivity index (χ2v) is 10.1. The molecule has 5 rings (SSSR count). The van der Waals surface area contributed by atoms with Crippen molar-refractivity contribution in [1.82, 2.24) is 20.5 Å². The highest BCUT2D eigenvalue weighted by Crippen LogP contribution is 2.43. The average Bonchev–Trinajstić information content (AvgIpc) is 3.48. The molecule has 2 saturated heterocycles. The summed E-state index contributed by atoms with van der Waals surface area (Å²) in [5.41, 5.74) is 0.0419. The maximum absolute atomic E-state index is 13.7.